The molecule has 0 aliphatic heterocycles. The summed E-state index contributed by atoms with van der Waals surface area (Å²) >= 11 is 5.91. The van der Waals surface area contributed by atoms with Gasteiger partial charge in [-0.2, -0.15) is 0 Å². The zero-order chi connectivity index (χ0) is 17.8. The van der Waals surface area contributed by atoms with Gasteiger partial charge in [0, 0.05) is 43.2 Å². The highest BCUT2D eigenvalue weighted by Crippen LogP contribution is 2.32. The van der Waals surface area contributed by atoms with E-state index in [1.165, 1.54) is 6.07 Å². The number of benzene rings is 1. The third-order valence-electron chi connectivity index (χ3n) is 3.48. The highest BCUT2D eigenvalue weighted by atomic mass is 35.5. The molecule has 3 aromatic rings. The minimum Gasteiger partial charge on any atom is -0.369 e. The van der Waals surface area contributed by atoms with Gasteiger partial charge in [-0.1, -0.05) is 17.7 Å². The summed E-state index contributed by atoms with van der Waals surface area (Å²) in [6, 6.07) is 12.1. The zero-order valence-electron chi connectivity index (χ0n) is 13.8. The Kier molecular flexibility index (Phi) is 5.05. The molecule has 0 saturated carbocycles. The lowest BCUT2D eigenvalue weighted by molar-refractivity contribution is 0.628. The first-order valence-corrected chi connectivity index (χ1v) is 8.00. The molecule has 126 valence electrons. The van der Waals surface area contributed by atoms with Crippen LogP contribution in [0.5, 0.6) is 0 Å². The topological polar surface area (TPSA) is 41.4 Å². The second-order valence-electron chi connectivity index (χ2n) is 5.64. The van der Waals surface area contributed by atoms with E-state index in [-0.39, 0.29) is 5.02 Å². The first-order valence-electron chi connectivity index (χ1n) is 7.62. The fourth-order valence-electron chi connectivity index (χ4n) is 2.31. The average Bonchev–Trinajstić information content (AvgIpc) is 2.63. The van der Waals surface area contributed by atoms with Crippen LogP contribution in [0.4, 0.5) is 10.2 Å². The molecular weight excluding hydrogens is 339 g/mol. The van der Waals surface area contributed by atoms with Crippen LogP contribution < -0.4 is 0 Å². The lowest BCUT2D eigenvalue weighted by Crippen LogP contribution is -2.07. The SMILES string of the molecule is CN(C)C=Nc1ccc(-c2cccnc2-c2ccc(F)c(Cl)c2)cn1. The lowest BCUT2D eigenvalue weighted by Gasteiger charge is -2.09. The van der Waals surface area contributed by atoms with Crippen LogP contribution in [0, 0.1) is 5.82 Å². The van der Waals surface area contributed by atoms with Gasteiger partial charge in [0.15, 0.2) is 5.82 Å². The monoisotopic (exact) mass is 354 g/mol. The number of aliphatic imine (C=N–C) groups is 1. The Bertz CT molecular complexity index is 908. The van der Waals surface area contributed by atoms with E-state index in [9.17, 15) is 4.39 Å². The summed E-state index contributed by atoms with van der Waals surface area (Å²) in [6.45, 7) is 0. The summed E-state index contributed by atoms with van der Waals surface area (Å²) in [5.74, 6) is 0.167. The Labute approximate surface area is 150 Å². The van der Waals surface area contributed by atoms with Gasteiger partial charge < -0.3 is 4.90 Å². The molecule has 0 spiro atoms. The standard InChI is InChI=1S/C19H16ClFN4/c1-25(2)12-24-18-8-6-14(11-23-18)15-4-3-9-22-19(15)13-5-7-17(21)16(20)10-13/h3-12H,1-2H3. The maximum absolute atomic E-state index is 13.4. The average molecular weight is 355 g/mol. The largest absolute Gasteiger partial charge is 0.369 e. The molecule has 25 heavy (non-hydrogen) atoms. The summed E-state index contributed by atoms with van der Waals surface area (Å²) in [7, 11) is 3.79. The Morgan fingerprint density at radius 3 is 2.56 bits per heavy atom. The maximum atomic E-state index is 13.4. The number of aromatic nitrogens is 2. The van der Waals surface area contributed by atoms with Crippen molar-refractivity contribution in [1.82, 2.24) is 14.9 Å². The van der Waals surface area contributed by atoms with Crippen LogP contribution in [0.15, 0.2) is 59.9 Å². The van der Waals surface area contributed by atoms with Crippen LogP contribution in [-0.4, -0.2) is 35.3 Å². The molecule has 0 bridgehead atoms. The number of hydrogen-bond donors (Lipinski definition) is 0. The highest BCUT2D eigenvalue weighted by Gasteiger charge is 2.11. The van der Waals surface area contributed by atoms with Gasteiger partial charge in [0.05, 0.1) is 17.1 Å². The molecule has 0 aliphatic carbocycles. The Morgan fingerprint density at radius 1 is 1.08 bits per heavy atom. The van der Waals surface area contributed by atoms with Gasteiger partial charge >= 0.3 is 0 Å². The van der Waals surface area contributed by atoms with Crippen molar-refractivity contribution in [1.29, 1.82) is 0 Å². The van der Waals surface area contributed by atoms with Crippen molar-refractivity contribution >= 4 is 23.8 Å². The highest BCUT2D eigenvalue weighted by molar-refractivity contribution is 6.31. The quantitative estimate of drug-likeness (QED) is 0.498. The smallest absolute Gasteiger partial charge is 0.153 e. The van der Waals surface area contributed by atoms with Crippen LogP contribution in [-0.2, 0) is 0 Å². The van der Waals surface area contributed by atoms with E-state index in [2.05, 4.69) is 15.0 Å². The normalized spacial score (nSPS) is 11.0. The van der Waals surface area contributed by atoms with Crippen molar-refractivity contribution in [2.75, 3.05) is 14.1 Å². The van der Waals surface area contributed by atoms with E-state index in [4.69, 9.17) is 11.6 Å². The molecule has 0 unspecified atom stereocenters. The number of pyridine rings is 2. The molecule has 0 N–H and O–H groups in total. The molecule has 6 heteroatoms. The van der Waals surface area contributed by atoms with Crippen LogP contribution in [0.25, 0.3) is 22.4 Å². The third-order valence-corrected chi connectivity index (χ3v) is 3.77. The predicted octanol–water partition coefficient (Wildman–Crippen LogP) is 4.82. The number of halogens is 2. The molecule has 0 atom stereocenters. The maximum Gasteiger partial charge on any atom is 0.153 e. The van der Waals surface area contributed by atoms with Crippen LogP contribution >= 0.6 is 11.6 Å². The summed E-state index contributed by atoms with van der Waals surface area (Å²) in [4.78, 5) is 14.9. The Morgan fingerprint density at radius 2 is 1.88 bits per heavy atom. The van der Waals surface area contributed by atoms with Gasteiger partial charge in [0.2, 0.25) is 0 Å². The summed E-state index contributed by atoms with van der Waals surface area (Å²) in [6.07, 6.45) is 5.13. The molecule has 0 saturated heterocycles. The van der Waals surface area contributed by atoms with E-state index < -0.39 is 5.82 Å². The van der Waals surface area contributed by atoms with Gasteiger partial charge in [-0.15, -0.1) is 0 Å². The Hall–Kier alpha value is -2.79. The molecule has 0 fully saturated rings. The fraction of sp³-hybridized carbons (Fsp3) is 0.105. The van der Waals surface area contributed by atoms with Gasteiger partial charge in [0.1, 0.15) is 5.82 Å². The van der Waals surface area contributed by atoms with Gasteiger partial charge in [0.25, 0.3) is 0 Å². The van der Waals surface area contributed by atoms with Gasteiger partial charge in [-0.05, 0) is 36.4 Å². The minimum atomic E-state index is -0.451. The van der Waals surface area contributed by atoms with E-state index in [0.717, 1.165) is 22.4 Å². The fourth-order valence-corrected chi connectivity index (χ4v) is 2.49. The molecule has 0 aliphatic rings. The van der Waals surface area contributed by atoms with Crippen molar-refractivity contribution in [2.24, 2.45) is 4.99 Å². The van der Waals surface area contributed by atoms with E-state index in [1.54, 1.807) is 30.9 Å². The van der Waals surface area contributed by atoms with Crippen molar-refractivity contribution in [2.45, 2.75) is 0 Å². The third kappa shape index (κ3) is 4.00. The summed E-state index contributed by atoms with van der Waals surface area (Å²) in [5.41, 5.74) is 3.25. The lowest BCUT2D eigenvalue weighted by atomic mass is 10.0. The summed E-state index contributed by atoms with van der Waals surface area (Å²) < 4.78 is 13.4. The van der Waals surface area contributed by atoms with E-state index in [1.807, 2.05) is 43.3 Å². The van der Waals surface area contributed by atoms with Crippen molar-refractivity contribution in [3.05, 3.63) is 65.7 Å². The molecule has 0 radical (unpaired) electrons. The molecule has 0 amide bonds. The number of nitrogens with zero attached hydrogens (tertiary/aromatic N) is 4. The number of hydrogen-bond acceptors (Lipinski definition) is 3. The van der Waals surface area contributed by atoms with Gasteiger partial charge in [-0.25, -0.2) is 14.4 Å². The van der Waals surface area contributed by atoms with Crippen LogP contribution in [0.1, 0.15) is 0 Å². The molecule has 3 rings (SSSR count). The Balaban J connectivity index is 1.99. The first-order chi connectivity index (χ1) is 12.0. The van der Waals surface area contributed by atoms with Crippen molar-refractivity contribution in [3.63, 3.8) is 0 Å². The molecule has 4 nitrogen and oxygen atoms in total. The second-order valence-corrected chi connectivity index (χ2v) is 6.05. The molecule has 1 aromatic carbocycles. The van der Waals surface area contributed by atoms with E-state index in [0.29, 0.717) is 5.82 Å². The van der Waals surface area contributed by atoms with Crippen LogP contribution in [0.3, 0.4) is 0 Å². The molecule has 2 heterocycles. The second kappa shape index (κ2) is 7.40. The van der Waals surface area contributed by atoms with E-state index >= 15 is 0 Å². The first kappa shape index (κ1) is 17.0. The number of rotatable bonds is 4. The van der Waals surface area contributed by atoms with Crippen molar-refractivity contribution in [3.8, 4) is 22.4 Å². The minimum absolute atomic E-state index is 0.0700. The predicted molar refractivity (Wildman–Crippen MR) is 99.7 cm³/mol. The zero-order valence-corrected chi connectivity index (χ0v) is 14.6. The molecular formula is C19H16ClFN4. The molecule has 2 aromatic heterocycles. The van der Waals surface area contributed by atoms with Crippen LogP contribution in [0.2, 0.25) is 5.02 Å². The summed E-state index contributed by atoms with van der Waals surface area (Å²) in [5, 5.41) is 0.0700. The van der Waals surface area contributed by atoms with Crippen molar-refractivity contribution < 1.29 is 4.39 Å². The van der Waals surface area contributed by atoms with Gasteiger partial charge in [-0.3, -0.25) is 4.98 Å².